The fourth-order valence-electron chi connectivity index (χ4n) is 2.21. The normalized spacial score (nSPS) is 20.6. The topological polar surface area (TPSA) is 59.2 Å². The summed E-state index contributed by atoms with van der Waals surface area (Å²) < 4.78 is 0. The van der Waals surface area contributed by atoms with Crippen LogP contribution in [0.3, 0.4) is 0 Å². The summed E-state index contributed by atoms with van der Waals surface area (Å²) in [6.07, 6.45) is 2.32. The van der Waals surface area contributed by atoms with Gasteiger partial charge in [-0.2, -0.15) is 0 Å². The van der Waals surface area contributed by atoms with Crippen molar-refractivity contribution < 1.29 is 4.79 Å². The first kappa shape index (κ1) is 19.4. The van der Waals surface area contributed by atoms with Crippen LogP contribution in [0.5, 0.6) is 0 Å². The van der Waals surface area contributed by atoms with Crippen molar-refractivity contribution >= 4 is 42.3 Å². The molecule has 1 atom stereocenters. The first-order valence-corrected chi connectivity index (χ1v) is 6.44. The average molecular weight is 341 g/mol. The molecule has 0 radical (unpaired) electrons. The Balaban J connectivity index is 0.00000180. The molecule has 1 aromatic heterocycles. The number of aromatic nitrogens is 1. The molecule has 1 aliphatic rings. The first-order chi connectivity index (χ1) is 8.40. The molecular formula is C13H20Cl3N3O. The lowest BCUT2D eigenvalue weighted by Crippen LogP contribution is -2.54. The van der Waals surface area contributed by atoms with Crippen LogP contribution in [0.15, 0.2) is 18.3 Å². The van der Waals surface area contributed by atoms with E-state index in [4.69, 9.17) is 17.3 Å². The molecule has 2 heterocycles. The maximum Gasteiger partial charge on any atom is 0.272 e. The van der Waals surface area contributed by atoms with Gasteiger partial charge in [0.25, 0.3) is 5.91 Å². The molecule has 114 valence electrons. The zero-order valence-corrected chi connectivity index (χ0v) is 13.9. The molecule has 1 amide bonds. The third kappa shape index (κ3) is 4.22. The van der Waals surface area contributed by atoms with Crippen molar-refractivity contribution in [3.63, 3.8) is 0 Å². The molecule has 0 bridgehead atoms. The predicted octanol–water partition coefficient (Wildman–Crippen LogP) is 2.78. The third-order valence-electron chi connectivity index (χ3n) is 3.55. The van der Waals surface area contributed by atoms with Crippen LogP contribution in [-0.2, 0) is 0 Å². The van der Waals surface area contributed by atoms with Gasteiger partial charge in [-0.25, -0.2) is 4.98 Å². The number of carbonyl (C=O) groups is 1. The van der Waals surface area contributed by atoms with Crippen molar-refractivity contribution in [2.24, 2.45) is 11.1 Å². The standard InChI is InChI=1S/C13H18ClN3O.2ClH/c1-13(2)8-17(6-5-11(13)15)12(18)10-4-3-9(14)7-16-10;;/h3-4,7,11H,5-6,8,15H2,1-2H3;2*1H. The number of nitrogens with zero attached hydrogens (tertiary/aromatic N) is 2. The van der Waals surface area contributed by atoms with Crippen molar-refractivity contribution in [3.05, 3.63) is 29.0 Å². The fourth-order valence-corrected chi connectivity index (χ4v) is 2.32. The SMILES string of the molecule is CC1(C)CN(C(=O)c2ccc(Cl)cn2)CCC1N.Cl.Cl. The second-order valence-corrected chi connectivity index (χ2v) is 5.91. The van der Waals surface area contributed by atoms with Crippen molar-refractivity contribution in [1.82, 2.24) is 9.88 Å². The Hall–Kier alpha value is -0.550. The van der Waals surface area contributed by atoms with Crippen LogP contribution in [0.1, 0.15) is 30.8 Å². The molecule has 1 fully saturated rings. The van der Waals surface area contributed by atoms with Gasteiger partial charge in [-0.15, -0.1) is 24.8 Å². The molecule has 2 rings (SSSR count). The van der Waals surface area contributed by atoms with Gasteiger partial charge in [0.1, 0.15) is 5.69 Å². The lowest BCUT2D eigenvalue weighted by molar-refractivity contribution is 0.0527. The van der Waals surface area contributed by atoms with Crippen LogP contribution in [0.25, 0.3) is 0 Å². The minimum Gasteiger partial charge on any atom is -0.337 e. The Morgan fingerprint density at radius 2 is 2.10 bits per heavy atom. The average Bonchev–Trinajstić information content (AvgIpc) is 2.33. The molecule has 2 N–H and O–H groups in total. The molecule has 0 saturated carbocycles. The van der Waals surface area contributed by atoms with E-state index in [9.17, 15) is 4.79 Å². The minimum atomic E-state index is -0.0552. The van der Waals surface area contributed by atoms with Crippen molar-refractivity contribution in [2.45, 2.75) is 26.3 Å². The quantitative estimate of drug-likeness (QED) is 0.855. The number of piperidine rings is 1. The number of rotatable bonds is 1. The Morgan fingerprint density at radius 3 is 2.60 bits per heavy atom. The van der Waals surface area contributed by atoms with Gasteiger partial charge in [0.05, 0.1) is 5.02 Å². The van der Waals surface area contributed by atoms with Crippen LogP contribution >= 0.6 is 36.4 Å². The lowest BCUT2D eigenvalue weighted by atomic mass is 9.79. The number of amides is 1. The molecule has 0 aromatic carbocycles. The second kappa shape index (κ2) is 7.46. The minimum absolute atomic E-state index is 0. The van der Waals surface area contributed by atoms with Crippen LogP contribution in [0, 0.1) is 5.41 Å². The van der Waals surface area contributed by atoms with Gasteiger partial charge in [-0.3, -0.25) is 4.79 Å². The van der Waals surface area contributed by atoms with Crippen molar-refractivity contribution in [1.29, 1.82) is 0 Å². The molecule has 1 unspecified atom stereocenters. The summed E-state index contributed by atoms with van der Waals surface area (Å²) in [6, 6.07) is 3.48. The summed E-state index contributed by atoms with van der Waals surface area (Å²) in [6.45, 7) is 5.53. The largest absolute Gasteiger partial charge is 0.337 e. The molecule has 1 saturated heterocycles. The lowest BCUT2D eigenvalue weighted by Gasteiger charge is -2.42. The smallest absolute Gasteiger partial charge is 0.272 e. The summed E-state index contributed by atoms with van der Waals surface area (Å²) in [7, 11) is 0. The van der Waals surface area contributed by atoms with E-state index in [1.165, 1.54) is 6.20 Å². The van der Waals surface area contributed by atoms with Gasteiger partial charge in [-0.05, 0) is 24.0 Å². The summed E-state index contributed by atoms with van der Waals surface area (Å²) in [5.41, 5.74) is 6.44. The molecular weight excluding hydrogens is 321 g/mol. The van der Waals surface area contributed by atoms with E-state index < -0.39 is 0 Å². The summed E-state index contributed by atoms with van der Waals surface area (Å²) >= 11 is 5.76. The summed E-state index contributed by atoms with van der Waals surface area (Å²) in [5.74, 6) is -0.0494. The van der Waals surface area contributed by atoms with Gasteiger partial charge in [0.15, 0.2) is 0 Å². The zero-order chi connectivity index (χ0) is 13.3. The third-order valence-corrected chi connectivity index (χ3v) is 3.77. The molecule has 0 aliphatic carbocycles. The highest BCUT2D eigenvalue weighted by Crippen LogP contribution is 2.28. The Bertz CT molecular complexity index is 451. The second-order valence-electron chi connectivity index (χ2n) is 5.47. The fraction of sp³-hybridized carbons (Fsp3) is 0.538. The van der Waals surface area contributed by atoms with Crippen LogP contribution in [0.4, 0.5) is 0 Å². The van der Waals surface area contributed by atoms with Gasteiger partial charge < -0.3 is 10.6 Å². The summed E-state index contributed by atoms with van der Waals surface area (Å²) in [5, 5.41) is 0.535. The number of nitrogens with two attached hydrogens (primary N) is 1. The first-order valence-electron chi connectivity index (χ1n) is 6.06. The van der Waals surface area contributed by atoms with E-state index in [0.717, 1.165) is 6.42 Å². The van der Waals surface area contributed by atoms with E-state index in [0.29, 0.717) is 23.8 Å². The summed E-state index contributed by atoms with van der Waals surface area (Å²) in [4.78, 5) is 18.2. The van der Waals surface area contributed by atoms with E-state index in [1.54, 1.807) is 12.1 Å². The van der Waals surface area contributed by atoms with Crippen LogP contribution in [0.2, 0.25) is 5.02 Å². The predicted molar refractivity (Wildman–Crippen MR) is 86.0 cm³/mol. The number of hydrogen-bond donors (Lipinski definition) is 1. The van der Waals surface area contributed by atoms with Crippen molar-refractivity contribution in [3.8, 4) is 0 Å². The Kier molecular flexibility index (Phi) is 7.25. The van der Waals surface area contributed by atoms with E-state index in [-0.39, 0.29) is 42.2 Å². The van der Waals surface area contributed by atoms with Gasteiger partial charge >= 0.3 is 0 Å². The molecule has 1 aliphatic heterocycles. The highest BCUT2D eigenvalue weighted by molar-refractivity contribution is 6.30. The maximum atomic E-state index is 12.3. The van der Waals surface area contributed by atoms with E-state index in [1.807, 2.05) is 4.90 Å². The van der Waals surface area contributed by atoms with Crippen LogP contribution < -0.4 is 5.73 Å². The monoisotopic (exact) mass is 339 g/mol. The highest BCUT2D eigenvalue weighted by Gasteiger charge is 2.35. The van der Waals surface area contributed by atoms with Gasteiger partial charge in [0.2, 0.25) is 0 Å². The molecule has 20 heavy (non-hydrogen) atoms. The Labute approximate surface area is 136 Å². The number of halogens is 3. The highest BCUT2D eigenvalue weighted by atomic mass is 35.5. The molecule has 4 nitrogen and oxygen atoms in total. The zero-order valence-electron chi connectivity index (χ0n) is 11.5. The number of pyridine rings is 1. The van der Waals surface area contributed by atoms with Gasteiger partial charge in [-0.1, -0.05) is 25.4 Å². The number of carbonyl (C=O) groups excluding carboxylic acids is 1. The Morgan fingerprint density at radius 1 is 1.45 bits per heavy atom. The van der Waals surface area contributed by atoms with Crippen molar-refractivity contribution in [2.75, 3.05) is 13.1 Å². The molecule has 0 spiro atoms. The maximum absolute atomic E-state index is 12.3. The van der Waals surface area contributed by atoms with E-state index in [2.05, 4.69) is 18.8 Å². The molecule has 1 aromatic rings. The van der Waals surface area contributed by atoms with Gasteiger partial charge in [0, 0.05) is 25.3 Å². The van der Waals surface area contributed by atoms with Crippen LogP contribution in [-0.4, -0.2) is 34.9 Å². The number of hydrogen-bond acceptors (Lipinski definition) is 3. The van der Waals surface area contributed by atoms with E-state index >= 15 is 0 Å². The number of likely N-dealkylation sites (tertiary alicyclic amines) is 1. The molecule has 7 heteroatoms.